The third kappa shape index (κ3) is 3.74. The standard InChI is InChI=1S/C13H21NO2/c1-11(2)14(3)9-10-16-13-8-6-5-7-12(13)15-4/h5-8,11H,9-10H2,1-4H3. The van der Waals surface area contributed by atoms with Crippen molar-refractivity contribution in [1.82, 2.24) is 4.90 Å². The second kappa shape index (κ2) is 6.38. The Morgan fingerprint density at radius 1 is 1.19 bits per heavy atom. The minimum absolute atomic E-state index is 0.543. The lowest BCUT2D eigenvalue weighted by Gasteiger charge is -2.21. The van der Waals surface area contributed by atoms with Gasteiger partial charge < -0.3 is 14.4 Å². The number of para-hydroxylation sites is 2. The molecule has 0 heterocycles. The van der Waals surface area contributed by atoms with Crippen LogP contribution in [0.3, 0.4) is 0 Å². The van der Waals surface area contributed by atoms with Gasteiger partial charge in [0.05, 0.1) is 7.11 Å². The number of likely N-dealkylation sites (N-methyl/N-ethyl adjacent to an activating group) is 1. The monoisotopic (exact) mass is 223 g/mol. The van der Waals surface area contributed by atoms with Crippen LogP contribution in [-0.4, -0.2) is 38.3 Å². The molecular formula is C13H21NO2. The van der Waals surface area contributed by atoms with Gasteiger partial charge in [-0.3, -0.25) is 0 Å². The van der Waals surface area contributed by atoms with Gasteiger partial charge in [-0.15, -0.1) is 0 Å². The predicted octanol–water partition coefficient (Wildman–Crippen LogP) is 2.41. The second-order valence-electron chi connectivity index (χ2n) is 4.07. The van der Waals surface area contributed by atoms with Crippen LogP contribution in [0.4, 0.5) is 0 Å². The summed E-state index contributed by atoms with van der Waals surface area (Å²) in [4.78, 5) is 2.25. The van der Waals surface area contributed by atoms with Crippen molar-refractivity contribution in [3.8, 4) is 11.5 Å². The molecule has 0 N–H and O–H groups in total. The lowest BCUT2D eigenvalue weighted by atomic mass is 10.3. The van der Waals surface area contributed by atoms with Gasteiger partial charge in [-0.1, -0.05) is 12.1 Å². The van der Waals surface area contributed by atoms with Crippen molar-refractivity contribution >= 4 is 0 Å². The highest BCUT2D eigenvalue weighted by Gasteiger charge is 2.05. The highest BCUT2D eigenvalue weighted by molar-refractivity contribution is 5.39. The van der Waals surface area contributed by atoms with E-state index in [-0.39, 0.29) is 0 Å². The van der Waals surface area contributed by atoms with E-state index in [1.54, 1.807) is 7.11 Å². The number of benzene rings is 1. The zero-order chi connectivity index (χ0) is 12.0. The topological polar surface area (TPSA) is 21.7 Å². The summed E-state index contributed by atoms with van der Waals surface area (Å²) < 4.78 is 10.9. The molecular weight excluding hydrogens is 202 g/mol. The van der Waals surface area contributed by atoms with E-state index >= 15 is 0 Å². The normalized spacial score (nSPS) is 10.9. The van der Waals surface area contributed by atoms with Crippen LogP contribution >= 0.6 is 0 Å². The first kappa shape index (κ1) is 12.8. The third-order valence-corrected chi connectivity index (χ3v) is 2.65. The molecule has 0 saturated heterocycles. The molecule has 90 valence electrons. The first-order chi connectivity index (χ1) is 7.65. The van der Waals surface area contributed by atoms with E-state index in [4.69, 9.17) is 9.47 Å². The molecule has 3 nitrogen and oxygen atoms in total. The zero-order valence-corrected chi connectivity index (χ0v) is 10.6. The van der Waals surface area contributed by atoms with E-state index in [1.165, 1.54) is 0 Å². The fraction of sp³-hybridized carbons (Fsp3) is 0.538. The van der Waals surface area contributed by atoms with E-state index in [9.17, 15) is 0 Å². The summed E-state index contributed by atoms with van der Waals surface area (Å²) in [5.74, 6) is 1.59. The largest absolute Gasteiger partial charge is 0.493 e. The van der Waals surface area contributed by atoms with Crippen molar-refractivity contribution in [2.75, 3.05) is 27.3 Å². The molecule has 0 amide bonds. The van der Waals surface area contributed by atoms with Crippen LogP contribution in [-0.2, 0) is 0 Å². The lowest BCUT2D eigenvalue weighted by molar-refractivity contribution is 0.204. The maximum Gasteiger partial charge on any atom is 0.161 e. The maximum absolute atomic E-state index is 5.68. The minimum atomic E-state index is 0.543. The molecule has 0 aliphatic carbocycles. The number of ether oxygens (including phenoxy) is 2. The van der Waals surface area contributed by atoms with E-state index < -0.39 is 0 Å². The second-order valence-corrected chi connectivity index (χ2v) is 4.07. The Balaban J connectivity index is 2.42. The third-order valence-electron chi connectivity index (χ3n) is 2.65. The van der Waals surface area contributed by atoms with Gasteiger partial charge >= 0.3 is 0 Å². The van der Waals surface area contributed by atoms with Crippen molar-refractivity contribution in [3.63, 3.8) is 0 Å². The smallest absolute Gasteiger partial charge is 0.161 e. The van der Waals surface area contributed by atoms with Gasteiger partial charge in [0, 0.05) is 12.6 Å². The Morgan fingerprint density at radius 3 is 2.38 bits per heavy atom. The number of hydrogen-bond donors (Lipinski definition) is 0. The fourth-order valence-electron chi connectivity index (χ4n) is 1.30. The Bertz CT molecular complexity index is 313. The minimum Gasteiger partial charge on any atom is -0.493 e. The Hall–Kier alpha value is -1.22. The van der Waals surface area contributed by atoms with Crippen molar-refractivity contribution < 1.29 is 9.47 Å². The number of methoxy groups -OCH3 is 1. The average Bonchev–Trinajstić information content (AvgIpc) is 2.29. The number of rotatable bonds is 6. The number of nitrogens with zero attached hydrogens (tertiary/aromatic N) is 1. The quantitative estimate of drug-likeness (QED) is 0.739. The zero-order valence-electron chi connectivity index (χ0n) is 10.6. The van der Waals surface area contributed by atoms with Gasteiger partial charge in [-0.2, -0.15) is 0 Å². The molecule has 0 unspecified atom stereocenters. The Morgan fingerprint density at radius 2 is 1.81 bits per heavy atom. The van der Waals surface area contributed by atoms with Crippen molar-refractivity contribution in [2.45, 2.75) is 19.9 Å². The van der Waals surface area contributed by atoms with Gasteiger partial charge in [0.25, 0.3) is 0 Å². The predicted molar refractivity (Wildman–Crippen MR) is 66.3 cm³/mol. The first-order valence-corrected chi connectivity index (χ1v) is 5.61. The highest BCUT2D eigenvalue weighted by atomic mass is 16.5. The molecule has 16 heavy (non-hydrogen) atoms. The molecule has 1 rings (SSSR count). The van der Waals surface area contributed by atoms with Gasteiger partial charge in [-0.05, 0) is 33.0 Å². The summed E-state index contributed by atoms with van der Waals surface area (Å²) >= 11 is 0. The molecule has 0 aliphatic rings. The molecule has 0 atom stereocenters. The van der Waals surface area contributed by atoms with Crippen LogP contribution in [0.25, 0.3) is 0 Å². The summed E-state index contributed by atoms with van der Waals surface area (Å²) in [5.41, 5.74) is 0. The first-order valence-electron chi connectivity index (χ1n) is 5.61. The van der Waals surface area contributed by atoms with Crippen molar-refractivity contribution in [3.05, 3.63) is 24.3 Å². The van der Waals surface area contributed by atoms with Crippen LogP contribution in [0.2, 0.25) is 0 Å². The maximum atomic E-state index is 5.68. The van der Waals surface area contributed by atoms with Gasteiger partial charge in [0.1, 0.15) is 6.61 Å². The molecule has 0 radical (unpaired) electrons. The van der Waals surface area contributed by atoms with E-state index in [0.29, 0.717) is 12.6 Å². The van der Waals surface area contributed by atoms with E-state index in [1.807, 2.05) is 24.3 Å². The molecule has 0 fully saturated rings. The van der Waals surface area contributed by atoms with E-state index in [2.05, 4.69) is 25.8 Å². The van der Waals surface area contributed by atoms with Gasteiger partial charge in [-0.25, -0.2) is 0 Å². The van der Waals surface area contributed by atoms with Crippen molar-refractivity contribution in [2.24, 2.45) is 0 Å². The summed E-state index contributed by atoms with van der Waals surface area (Å²) in [5, 5.41) is 0. The van der Waals surface area contributed by atoms with Gasteiger partial charge in [0.2, 0.25) is 0 Å². The Labute approximate surface area is 98.0 Å². The molecule has 0 aliphatic heterocycles. The van der Waals surface area contributed by atoms with Crippen LogP contribution in [0.1, 0.15) is 13.8 Å². The van der Waals surface area contributed by atoms with Gasteiger partial charge in [0.15, 0.2) is 11.5 Å². The summed E-state index contributed by atoms with van der Waals surface area (Å²) in [6, 6.07) is 8.26. The van der Waals surface area contributed by atoms with Crippen LogP contribution in [0, 0.1) is 0 Å². The SMILES string of the molecule is COc1ccccc1OCCN(C)C(C)C. The molecule has 3 heteroatoms. The van der Waals surface area contributed by atoms with Crippen LogP contribution < -0.4 is 9.47 Å². The molecule has 1 aromatic rings. The summed E-state index contributed by atoms with van der Waals surface area (Å²) in [7, 11) is 3.75. The summed E-state index contributed by atoms with van der Waals surface area (Å²) in [6.45, 7) is 5.93. The lowest BCUT2D eigenvalue weighted by Crippen LogP contribution is -2.30. The fourth-order valence-corrected chi connectivity index (χ4v) is 1.30. The highest BCUT2D eigenvalue weighted by Crippen LogP contribution is 2.25. The average molecular weight is 223 g/mol. The van der Waals surface area contributed by atoms with E-state index in [0.717, 1.165) is 18.0 Å². The molecule has 1 aromatic carbocycles. The molecule has 0 saturated carbocycles. The Kier molecular flexibility index (Phi) is 5.12. The van der Waals surface area contributed by atoms with Crippen molar-refractivity contribution in [1.29, 1.82) is 0 Å². The molecule has 0 bridgehead atoms. The molecule has 0 aromatic heterocycles. The molecule has 0 spiro atoms. The number of hydrogen-bond acceptors (Lipinski definition) is 3. The van der Waals surface area contributed by atoms with Crippen LogP contribution in [0.5, 0.6) is 11.5 Å². The summed E-state index contributed by atoms with van der Waals surface area (Å²) in [6.07, 6.45) is 0. The van der Waals surface area contributed by atoms with Crippen LogP contribution in [0.15, 0.2) is 24.3 Å².